The number of hydrogen-bond acceptors (Lipinski definition) is 6. The van der Waals surface area contributed by atoms with E-state index in [1.807, 2.05) is 18.2 Å². The highest BCUT2D eigenvalue weighted by molar-refractivity contribution is 6.06. The van der Waals surface area contributed by atoms with Crippen molar-refractivity contribution in [2.75, 3.05) is 5.32 Å². The molecule has 0 bridgehead atoms. The molecule has 0 radical (unpaired) electrons. The molecular weight excluding hydrogens is 364 g/mol. The molecule has 0 spiro atoms. The molecule has 0 saturated heterocycles. The van der Waals surface area contributed by atoms with Crippen molar-refractivity contribution in [3.8, 4) is 5.75 Å². The lowest BCUT2D eigenvalue weighted by molar-refractivity contribution is -0.384. The molecule has 1 heterocycles. The molecule has 1 N–H and O–H groups in total. The third-order valence-corrected chi connectivity index (χ3v) is 3.72. The zero-order valence-corrected chi connectivity index (χ0v) is 13.7. The standard InChI is InChI=1S/C17H13F2N3O5/c18-17(19)26-14-7-6-11(22(24)25)8-13(14)20-16(23)15-9-12(21-27-15)10-4-2-1-3-5-10/h1-8,15,17H,9H2,(H,20,23)/t15-/m0/s1. The Morgan fingerprint density at radius 3 is 2.70 bits per heavy atom. The summed E-state index contributed by atoms with van der Waals surface area (Å²) >= 11 is 0. The molecule has 1 aliphatic heterocycles. The number of carbonyl (C=O) groups excluding carboxylic acids is 1. The predicted molar refractivity (Wildman–Crippen MR) is 90.8 cm³/mol. The van der Waals surface area contributed by atoms with Gasteiger partial charge in [0.25, 0.3) is 11.6 Å². The molecule has 3 rings (SSSR count). The van der Waals surface area contributed by atoms with Crippen LogP contribution in [0, 0.1) is 10.1 Å². The number of benzene rings is 2. The molecule has 0 aliphatic carbocycles. The maximum absolute atomic E-state index is 12.5. The van der Waals surface area contributed by atoms with E-state index in [0.717, 1.165) is 23.8 Å². The third-order valence-electron chi connectivity index (χ3n) is 3.72. The first-order valence-corrected chi connectivity index (χ1v) is 7.76. The van der Waals surface area contributed by atoms with Gasteiger partial charge in [-0.1, -0.05) is 35.5 Å². The number of ether oxygens (including phenoxy) is 1. The topological polar surface area (TPSA) is 103 Å². The SMILES string of the molecule is O=C(Nc1cc([N+](=O)[O-])ccc1OC(F)F)[C@@H]1CC(c2ccccc2)=NO1. The van der Waals surface area contributed by atoms with Crippen LogP contribution in [0.15, 0.2) is 53.7 Å². The largest absolute Gasteiger partial charge is 0.433 e. The summed E-state index contributed by atoms with van der Waals surface area (Å²) in [6.07, 6.45) is -0.839. The zero-order chi connectivity index (χ0) is 19.4. The zero-order valence-electron chi connectivity index (χ0n) is 13.7. The second-order valence-corrected chi connectivity index (χ2v) is 5.51. The quantitative estimate of drug-likeness (QED) is 0.614. The van der Waals surface area contributed by atoms with E-state index in [2.05, 4.69) is 15.2 Å². The van der Waals surface area contributed by atoms with Gasteiger partial charge >= 0.3 is 6.61 Å². The maximum Gasteiger partial charge on any atom is 0.387 e. The Kier molecular flexibility index (Phi) is 5.25. The van der Waals surface area contributed by atoms with E-state index >= 15 is 0 Å². The van der Waals surface area contributed by atoms with Crippen LogP contribution in [0.1, 0.15) is 12.0 Å². The lowest BCUT2D eigenvalue weighted by Gasteiger charge is -2.13. The average Bonchev–Trinajstić information content (AvgIpc) is 3.13. The number of amides is 1. The van der Waals surface area contributed by atoms with Crippen LogP contribution in [0.5, 0.6) is 5.75 Å². The molecule has 27 heavy (non-hydrogen) atoms. The van der Waals surface area contributed by atoms with Gasteiger partial charge < -0.3 is 14.9 Å². The van der Waals surface area contributed by atoms with Crippen LogP contribution in [0.2, 0.25) is 0 Å². The summed E-state index contributed by atoms with van der Waals surface area (Å²) in [5, 5.41) is 17.1. The molecule has 0 unspecified atom stereocenters. The predicted octanol–water partition coefficient (Wildman–Crippen LogP) is 3.33. The summed E-state index contributed by atoms with van der Waals surface area (Å²) in [6, 6.07) is 12.0. The number of oxime groups is 1. The molecule has 0 aromatic heterocycles. The van der Waals surface area contributed by atoms with E-state index < -0.39 is 29.3 Å². The van der Waals surface area contributed by atoms with Crippen molar-refractivity contribution in [1.82, 2.24) is 0 Å². The van der Waals surface area contributed by atoms with Crippen LogP contribution >= 0.6 is 0 Å². The molecule has 2 aromatic rings. The minimum Gasteiger partial charge on any atom is -0.433 e. The lowest BCUT2D eigenvalue weighted by atomic mass is 10.0. The van der Waals surface area contributed by atoms with Crippen LogP contribution < -0.4 is 10.1 Å². The number of nitrogens with zero attached hydrogens (tertiary/aromatic N) is 2. The van der Waals surface area contributed by atoms with Gasteiger partial charge in [0.1, 0.15) is 5.75 Å². The molecule has 1 atom stereocenters. The Labute approximate surface area is 151 Å². The van der Waals surface area contributed by atoms with E-state index in [9.17, 15) is 23.7 Å². The number of alkyl halides is 2. The van der Waals surface area contributed by atoms with E-state index in [-0.39, 0.29) is 17.8 Å². The monoisotopic (exact) mass is 377 g/mol. The summed E-state index contributed by atoms with van der Waals surface area (Å²) in [7, 11) is 0. The summed E-state index contributed by atoms with van der Waals surface area (Å²) in [4.78, 5) is 27.7. The Hall–Kier alpha value is -3.56. The Morgan fingerprint density at radius 2 is 2.04 bits per heavy atom. The molecule has 1 aliphatic rings. The fourth-order valence-corrected chi connectivity index (χ4v) is 2.46. The number of carbonyl (C=O) groups is 1. The normalized spacial score (nSPS) is 15.8. The Morgan fingerprint density at radius 1 is 1.30 bits per heavy atom. The fourth-order valence-electron chi connectivity index (χ4n) is 2.46. The number of nitrogens with one attached hydrogen (secondary N) is 1. The number of non-ortho nitro benzene ring substituents is 1. The number of nitro groups is 1. The molecule has 10 heteroatoms. The van der Waals surface area contributed by atoms with E-state index in [1.165, 1.54) is 0 Å². The molecule has 0 saturated carbocycles. The van der Waals surface area contributed by atoms with Gasteiger partial charge in [0.2, 0.25) is 6.10 Å². The van der Waals surface area contributed by atoms with Crippen molar-refractivity contribution in [3.63, 3.8) is 0 Å². The van der Waals surface area contributed by atoms with Crippen LogP contribution in [-0.2, 0) is 9.63 Å². The minimum atomic E-state index is -3.15. The Bertz CT molecular complexity index is 889. The number of anilines is 1. The summed E-state index contributed by atoms with van der Waals surface area (Å²) in [5.74, 6) is -1.09. The maximum atomic E-state index is 12.5. The third kappa shape index (κ3) is 4.35. The number of halogens is 2. The number of hydrogen-bond donors (Lipinski definition) is 1. The van der Waals surface area contributed by atoms with Crippen molar-refractivity contribution in [3.05, 3.63) is 64.2 Å². The first kappa shape index (κ1) is 18.2. The summed E-state index contributed by atoms with van der Waals surface area (Å²) in [5.41, 5.74) is 0.690. The van der Waals surface area contributed by atoms with Crippen molar-refractivity contribution < 1.29 is 28.1 Å². The van der Waals surface area contributed by atoms with E-state index in [4.69, 9.17) is 4.84 Å². The van der Waals surface area contributed by atoms with Gasteiger partial charge in [0, 0.05) is 18.6 Å². The van der Waals surface area contributed by atoms with Crippen molar-refractivity contribution in [2.45, 2.75) is 19.1 Å². The second kappa shape index (κ2) is 7.77. The van der Waals surface area contributed by atoms with Crippen LogP contribution in [-0.4, -0.2) is 29.3 Å². The van der Waals surface area contributed by atoms with Crippen LogP contribution in [0.25, 0.3) is 0 Å². The van der Waals surface area contributed by atoms with Crippen molar-refractivity contribution in [1.29, 1.82) is 0 Å². The summed E-state index contributed by atoms with van der Waals surface area (Å²) < 4.78 is 29.3. The van der Waals surface area contributed by atoms with Gasteiger partial charge in [-0.3, -0.25) is 14.9 Å². The Balaban J connectivity index is 1.74. The average molecular weight is 377 g/mol. The van der Waals surface area contributed by atoms with Gasteiger partial charge in [0.05, 0.1) is 16.3 Å². The lowest BCUT2D eigenvalue weighted by Crippen LogP contribution is -2.28. The molecule has 0 fully saturated rings. The minimum absolute atomic E-state index is 0.163. The highest BCUT2D eigenvalue weighted by Crippen LogP contribution is 2.31. The molecule has 1 amide bonds. The van der Waals surface area contributed by atoms with Crippen molar-refractivity contribution in [2.24, 2.45) is 5.16 Å². The van der Waals surface area contributed by atoms with Crippen LogP contribution in [0.3, 0.4) is 0 Å². The summed E-state index contributed by atoms with van der Waals surface area (Å²) in [6.45, 7) is -3.15. The highest BCUT2D eigenvalue weighted by atomic mass is 19.3. The van der Waals surface area contributed by atoms with Gasteiger partial charge in [-0.2, -0.15) is 8.78 Å². The smallest absolute Gasteiger partial charge is 0.387 e. The van der Waals surface area contributed by atoms with Gasteiger partial charge in [-0.05, 0) is 11.6 Å². The first-order valence-electron chi connectivity index (χ1n) is 7.76. The molecule has 140 valence electrons. The fraction of sp³-hybridized carbons (Fsp3) is 0.176. The van der Waals surface area contributed by atoms with E-state index in [0.29, 0.717) is 5.71 Å². The van der Waals surface area contributed by atoms with E-state index in [1.54, 1.807) is 12.1 Å². The van der Waals surface area contributed by atoms with Gasteiger partial charge in [-0.15, -0.1) is 0 Å². The van der Waals surface area contributed by atoms with Gasteiger partial charge in [-0.25, -0.2) is 0 Å². The first-order chi connectivity index (χ1) is 12.9. The van der Waals surface area contributed by atoms with Gasteiger partial charge in [0.15, 0.2) is 0 Å². The second-order valence-electron chi connectivity index (χ2n) is 5.51. The van der Waals surface area contributed by atoms with Crippen LogP contribution in [0.4, 0.5) is 20.2 Å². The molecule has 2 aromatic carbocycles. The molecule has 8 nitrogen and oxygen atoms in total. The number of nitro benzene ring substituents is 1. The highest BCUT2D eigenvalue weighted by Gasteiger charge is 2.30. The van der Waals surface area contributed by atoms with Crippen molar-refractivity contribution >= 4 is 23.0 Å². The number of rotatable bonds is 6. The molecular formula is C17H13F2N3O5.